The van der Waals surface area contributed by atoms with E-state index in [-0.39, 0.29) is 51.3 Å². The fourth-order valence-corrected chi connectivity index (χ4v) is 7.78. The van der Waals surface area contributed by atoms with E-state index < -0.39 is 23.3 Å². The molecule has 360 valence electrons. The molecule has 0 fully saturated rings. The van der Waals surface area contributed by atoms with Gasteiger partial charge in [-0.2, -0.15) is 0 Å². The molecular weight excluding hydrogens is 1260 g/mol. The van der Waals surface area contributed by atoms with E-state index in [1.165, 1.54) is 32.6 Å². The minimum Gasteiger partial charge on any atom is -0.441 e. The summed E-state index contributed by atoms with van der Waals surface area (Å²) in [6.07, 6.45) is 8.67. The number of rotatable bonds is 4. The molecule has 0 saturated carbocycles. The van der Waals surface area contributed by atoms with E-state index in [1.807, 2.05) is 33.2 Å². The monoisotopic (exact) mass is 1300 g/mol. The third-order valence-corrected chi connectivity index (χ3v) is 11.3. The van der Waals surface area contributed by atoms with Crippen LogP contribution >= 0.6 is 0 Å². The molecule has 8 heterocycles. The van der Waals surface area contributed by atoms with Crippen LogP contribution in [-0.4, -0.2) is 39.0 Å². The van der Waals surface area contributed by atoms with Crippen LogP contribution in [0.15, 0.2) is 152 Å². The first-order valence-corrected chi connectivity index (χ1v) is 21.6. The van der Waals surface area contributed by atoms with E-state index >= 15 is 0 Å². The Morgan fingerprint density at radius 3 is 1.37 bits per heavy atom. The van der Waals surface area contributed by atoms with Crippen LogP contribution < -0.4 is 9.97 Å². The van der Waals surface area contributed by atoms with Crippen molar-refractivity contribution in [2.75, 3.05) is 0 Å². The maximum atomic E-state index is 13.2. The van der Waals surface area contributed by atoms with Gasteiger partial charge in [-0.15, -0.1) is 24.3 Å². The van der Waals surface area contributed by atoms with Crippen molar-refractivity contribution in [1.82, 2.24) is 49.0 Å². The molecule has 16 heteroatoms. The van der Waals surface area contributed by atoms with Crippen molar-refractivity contribution in [3.8, 4) is 45.6 Å². The molecule has 10 nitrogen and oxygen atoms in total. The first kappa shape index (κ1) is 51.4. The zero-order valence-electron chi connectivity index (χ0n) is 38.6. The standard InChI is InChI=1S/C17H15N4.C16H13N4.2C11H6F2N.2Ir/c1-10-11(2)20-17(19-10)14-8-13-12-6-4-5-7-15(12)21(3)16(13)9-18-14;1-10-8-18-16(19-10)13-7-12-11-5-3-4-6-14(11)20(2)15(12)9-17-13;2*12-8-4-5-9(10(13)7-8)11-3-1-2-6-14-11;;/h4-9H,1-3H3;3-9H,1-2H3;2*1-4,6-7H;;/q4*-1;;. The molecule has 4 aromatic carbocycles. The number of fused-ring (bicyclic) bond motifs is 6. The van der Waals surface area contributed by atoms with Gasteiger partial charge in [-0.1, -0.05) is 107 Å². The van der Waals surface area contributed by atoms with Gasteiger partial charge in [0.25, 0.3) is 0 Å². The van der Waals surface area contributed by atoms with Gasteiger partial charge in [-0.05, 0) is 80.2 Å². The van der Waals surface area contributed by atoms with E-state index in [0.29, 0.717) is 23.0 Å². The summed E-state index contributed by atoms with van der Waals surface area (Å²) in [5.74, 6) is -1.17. The zero-order chi connectivity index (χ0) is 48.2. The fraction of sp³-hybridized carbons (Fsp3) is 0.0909. The Morgan fingerprint density at radius 1 is 0.493 bits per heavy atom. The Balaban J connectivity index is 0.000000140. The summed E-state index contributed by atoms with van der Waals surface area (Å²) in [4.78, 5) is 34.6. The second kappa shape index (κ2) is 22.5. The molecule has 8 aromatic heterocycles. The second-order valence-corrected chi connectivity index (χ2v) is 15.9. The topological polar surface area (TPSA) is 115 Å². The summed E-state index contributed by atoms with van der Waals surface area (Å²) >= 11 is 0. The number of para-hydroxylation sites is 2. The number of aryl methyl sites for hydroxylation is 5. The quantitative estimate of drug-likeness (QED) is 0.126. The van der Waals surface area contributed by atoms with Gasteiger partial charge >= 0.3 is 0 Å². The first-order chi connectivity index (χ1) is 33.4. The Bertz CT molecular complexity index is 3650. The molecule has 0 bridgehead atoms. The third kappa shape index (κ3) is 11.1. The largest absolute Gasteiger partial charge is 0.441 e. The number of benzene rings is 4. The predicted octanol–water partition coefficient (Wildman–Crippen LogP) is 12.1. The third-order valence-electron chi connectivity index (χ3n) is 11.3. The molecule has 12 rings (SSSR count). The summed E-state index contributed by atoms with van der Waals surface area (Å²) in [5.41, 5.74) is 10.4. The summed E-state index contributed by atoms with van der Waals surface area (Å²) in [6, 6.07) is 40.0. The molecule has 0 unspecified atom stereocenters. The molecule has 0 amide bonds. The molecule has 0 aliphatic heterocycles. The van der Waals surface area contributed by atoms with E-state index in [4.69, 9.17) is 0 Å². The fourth-order valence-electron chi connectivity index (χ4n) is 7.78. The van der Waals surface area contributed by atoms with Crippen molar-refractivity contribution in [1.29, 1.82) is 0 Å². The molecule has 2 radical (unpaired) electrons. The summed E-state index contributed by atoms with van der Waals surface area (Å²) in [5, 5.41) is 4.85. The number of nitrogens with zero attached hydrogens (tertiary/aromatic N) is 10. The number of hydrogen-bond donors (Lipinski definition) is 0. The van der Waals surface area contributed by atoms with Crippen molar-refractivity contribution in [3.63, 3.8) is 0 Å². The molecule has 0 spiro atoms. The van der Waals surface area contributed by atoms with Crippen LogP contribution in [-0.2, 0) is 54.3 Å². The molecule has 12 aromatic rings. The van der Waals surface area contributed by atoms with Gasteiger partial charge < -0.3 is 39.0 Å². The number of pyridine rings is 4. The van der Waals surface area contributed by atoms with Gasteiger partial charge in [0.05, 0.1) is 34.8 Å². The van der Waals surface area contributed by atoms with Crippen LogP contribution in [0.25, 0.3) is 89.2 Å². The molecule has 0 aliphatic rings. The van der Waals surface area contributed by atoms with Gasteiger partial charge in [0.2, 0.25) is 0 Å². The van der Waals surface area contributed by atoms with E-state index in [0.717, 1.165) is 63.8 Å². The van der Waals surface area contributed by atoms with Gasteiger partial charge in [-0.25, -0.2) is 0 Å². The maximum Gasteiger partial charge on any atom is 0.0675 e. The number of halogens is 4. The Morgan fingerprint density at radius 2 is 0.958 bits per heavy atom. The number of hydrogen-bond acceptors (Lipinski definition) is 6. The summed E-state index contributed by atoms with van der Waals surface area (Å²) in [7, 11) is 4.13. The van der Waals surface area contributed by atoms with E-state index in [2.05, 4.69) is 136 Å². The van der Waals surface area contributed by atoms with Crippen molar-refractivity contribution < 1.29 is 57.8 Å². The summed E-state index contributed by atoms with van der Waals surface area (Å²) < 4.78 is 55.9. The van der Waals surface area contributed by atoms with Crippen LogP contribution in [0.2, 0.25) is 0 Å². The van der Waals surface area contributed by atoms with Crippen molar-refractivity contribution >= 4 is 43.6 Å². The normalized spacial score (nSPS) is 10.7. The Hall–Kier alpha value is -7.48. The molecular formula is C55H40F4Ir2N10-4. The average Bonchev–Trinajstić information content (AvgIpc) is 4.12. The minimum atomic E-state index is -0.649. The zero-order valence-corrected chi connectivity index (χ0v) is 43.4. The number of imidazole rings is 2. The average molecular weight is 1300 g/mol. The minimum absolute atomic E-state index is 0. The smallest absolute Gasteiger partial charge is 0.0675 e. The molecule has 0 saturated heterocycles. The number of aromatic nitrogens is 10. The van der Waals surface area contributed by atoms with Crippen molar-refractivity contribution in [3.05, 3.63) is 205 Å². The van der Waals surface area contributed by atoms with Crippen molar-refractivity contribution in [2.24, 2.45) is 14.1 Å². The molecule has 71 heavy (non-hydrogen) atoms. The van der Waals surface area contributed by atoms with Crippen LogP contribution in [0.5, 0.6) is 0 Å². The van der Waals surface area contributed by atoms with E-state index in [1.54, 1.807) is 55.0 Å². The predicted molar refractivity (Wildman–Crippen MR) is 261 cm³/mol. The SMILES string of the molecule is Cc1c[n-]c(-c2cc3c4ccccc4n(C)c3cn2)n1.Cc1nc(-c2cc3c4ccccc4n(C)c3cn2)[n-]c1C.Fc1c[c-]c(-c2ccccn2)c(F)c1.Fc1c[c-]c(-c2ccccn2)c(F)c1.[Ir].[Ir]. The van der Waals surface area contributed by atoms with Crippen LogP contribution in [0.1, 0.15) is 17.1 Å². The van der Waals surface area contributed by atoms with Gasteiger partial charge in [0.15, 0.2) is 0 Å². The van der Waals surface area contributed by atoms with E-state index in [9.17, 15) is 17.6 Å². The van der Waals surface area contributed by atoms with Crippen LogP contribution in [0, 0.1) is 56.2 Å². The molecule has 0 N–H and O–H groups in total. The first-order valence-electron chi connectivity index (χ1n) is 21.6. The summed E-state index contributed by atoms with van der Waals surface area (Å²) in [6.45, 7) is 5.89. The maximum absolute atomic E-state index is 13.2. The van der Waals surface area contributed by atoms with Gasteiger partial charge in [-0.3, -0.25) is 27.5 Å². The van der Waals surface area contributed by atoms with Crippen LogP contribution in [0.3, 0.4) is 0 Å². The van der Waals surface area contributed by atoms with Gasteiger partial charge in [0, 0.05) is 123 Å². The Labute approximate surface area is 433 Å². The Kier molecular flexibility index (Phi) is 16.3. The molecule has 0 aliphatic carbocycles. The van der Waals surface area contributed by atoms with Gasteiger partial charge in [0.1, 0.15) is 0 Å². The second-order valence-electron chi connectivity index (χ2n) is 15.9. The molecule has 0 atom stereocenters. The van der Waals surface area contributed by atoms with Crippen LogP contribution in [0.4, 0.5) is 17.6 Å². The van der Waals surface area contributed by atoms with Crippen molar-refractivity contribution in [2.45, 2.75) is 20.8 Å².